The Morgan fingerprint density at radius 2 is 1.39 bits per heavy atom. The van der Waals surface area contributed by atoms with Gasteiger partial charge in [-0.2, -0.15) is 0 Å². The lowest BCUT2D eigenvalue weighted by molar-refractivity contribution is -0.128. The van der Waals surface area contributed by atoms with Gasteiger partial charge >= 0.3 is 0 Å². The van der Waals surface area contributed by atoms with Crippen LogP contribution in [0.15, 0.2) is 66.2 Å². The zero-order valence-corrected chi connectivity index (χ0v) is 27.5. The summed E-state index contributed by atoms with van der Waals surface area (Å²) in [6.45, 7) is 3.69. The molecule has 3 aromatic rings. The van der Waals surface area contributed by atoms with Crippen molar-refractivity contribution in [3.63, 3.8) is 0 Å². The van der Waals surface area contributed by atoms with Gasteiger partial charge in [0, 0.05) is 56.4 Å². The van der Waals surface area contributed by atoms with Crippen LogP contribution in [0.1, 0.15) is 54.4 Å². The van der Waals surface area contributed by atoms with Gasteiger partial charge in [0.25, 0.3) is 5.91 Å². The van der Waals surface area contributed by atoms with Crippen LogP contribution in [0.25, 0.3) is 5.57 Å². The maximum absolute atomic E-state index is 14.5. The summed E-state index contributed by atoms with van der Waals surface area (Å²) in [4.78, 5) is 19.0. The smallest absolute Gasteiger partial charge is 0.252 e. The van der Waals surface area contributed by atoms with Crippen LogP contribution >= 0.6 is 46.4 Å². The first kappa shape index (κ1) is 30.6. The highest BCUT2D eigenvalue weighted by Gasteiger charge is 2.41. The average molecular weight is 671 g/mol. The number of nitrogens with zero attached hydrogens (tertiary/aromatic N) is 2. The number of benzene rings is 3. The van der Waals surface area contributed by atoms with Gasteiger partial charge in [0.05, 0.1) is 26.1 Å². The monoisotopic (exact) mass is 668 g/mol. The molecule has 230 valence electrons. The summed E-state index contributed by atoms with van der Waals surface area (Å²) in [5.74, 6) is 0.0978. The van der Waals surface area contributed by atoms with Gasteiger partial charge in [-0.15, -0.1) is 0 Å². The molecular weight excluding hydrogens is 634 g/mol. The van der Waals surface area contributed by atoms with E-state index in [2.05, 4.69) is 45.9 Å². The van der Waals surface area contributed by atoms with Gasteiger partial charge in [-0.25, -0.2) is 0 Å². The second-order valence-corrected chi connectivity index (χ2v) is 14.2. The number of carbonyl (C=O) groups is 1. The summed E-state index contributed by atoms with van der Waals surface area (Å²) in [6, 6.07) is 21.4. The van der Waals surface area contributed by atoms with Crippen molar-refractivity contribution in [2.24, 2.45) is 0 Å². The third kappa shape index (κ3) is 6.57. The molecule has 1 saturated heterocycles. The van der Waals surface area contributed by atoms with Crippen molar-refractivity contribution in [3.8, 4) is 0 Å². The fourth-order valence-corrected chi connectivity index (χ4v) is 7.45. The number of hydrogen-bond donors (Lipinski definition) is 2. The predicted octanol–water partition coefficient (Wildman–Crippen LogP) is 7.74. The van der Waals surface area contributed by atoms with Crippen LogP contribution in [0.3, 0.4) is 0 Å². The molecule has 2 N–H and O–H groups in total. The Bertz CT molecular complexity index is 1580. The van der Waals surface area contributed by atoms with Gasteiger partial charge in [-0.05, 0) is 72.1 Å². The van der Waals surface area contributed by atoms with E-state index in [0.29, 0.717) is 38.7 Å². The first-order chi connectivity index (χ1) is 21.4. The molecule has 9 heteroatoms. The molecule has 0 radical (unpaired) electrons. The second-order valence-electron chi connectivity index (χ2n) is 12.6. The zero-order chi connectivity index (χ0) is 30.4. The molecule has 2 bridgehead atoms. The molecule has 5 nitrogen and oxygen atoms in total. The van der Waals surface area contributed by atoms with Crippen LogP contribution in [-0.2, 0) is 24.4 Å². The molecule has 0 aromatic heterocycles. The Morgan fingerprint density at radius 3 is 2.02 bits per heavy atom. The molecule has 2 atom stereocenters. The number of hydrogen-bond acceptors (Lipinski definition) is 4. The summed E-state index contributed by atoms with van der Waals surface area (Å²) in [7, 11) is 0. The SMILES string of the molecule is O=C(C1=C(c2ccc(CN(Cc3cccc(Cl)c3Cl)C3CC3)cc2)C[C@H]2CNC[C@H]1N2)N(Cc1cccc(Cl)c1Cl)C1CC1. The van der Waals surface area contributed by atoms with Crippen LogP contribution in [0.4, 0.5) is 0 Å². The summed E-state index contributed by atoms with van der Waals surface area (Å²) >= 11 is 25.8. The fraction of sp³-hybridized carbons (Fsp3) is 0.400. The topological polar surface area (TPSA) is 47.6 Å². The Balaban J connectivity index is 1.16. The molecule has 0 unspecified atom stereocenters. The molecule has 0 spiro atoms. The highest BCUT2D eigenvalue weighted by Crippen LogP contribution is 2.38. The second kappa shape index (κ2) is 13.0. The van der Waals surface area contributed by atoms with E-state index in [1.807, 2.05) is 29.2 Å². The number of nitrogens with one attached hydrogen (secondary N) is 2. The highest BCUT2D eigenvalue weighted by atomic mass is 35.5. The molecule has 1 amide bonds. The normalized spacial score (nSPS) is 21.6. The summed E-state index contributed by atoms with van der Waals surface area (Å²) in [6.07, 6.45) is 5.24. The van der Waals surface area contributed by atoms with E-state index in [9.17, 15) is 4.79 Å². The molecule has 44 heavy (non-hydrogen) atoms. The standard InChI is InChI=1S/C35H36Cl4N4O/c36-29-5-1-3-23(33(29)38)19-42(26-11-12-26)18-21-7-9-22(10-8-21)28-15-25-16-40-17-31(41-25)32(28)35(44)43(27-13-14-27)20-24-4-2-6-30(37)34(24)39/h1-10,25-27,31,40-41H,11-20H2/t25-,31+/m0/s1. The van der Waals surface area contributed by atoms with E-state index in [0.717, 1.165) is 73.3 Å². The largest absolute Gasteiger partial charge is 0.331 e. The third-order valence-electron chi connectivity index (χ3n) is 9.31. The van der Waals surface area contributed by atoms with E-state index in [4.69, 9.17) is 46.4 Å². The number of halogens is 4. The third-order valence-corrected chi connectivity index (χ3v) is 11.0. The van der Waals surface area contributed by atoms with Crippen molar-refractivity contribution >= 4 is 57.9 Å². The van der Waals surface area contributed by atoms with Crippen molar-refractivity contribution in [1.82, 2.24) is 20.4 Å². The first-order valence-corrected chi connectivity index (χ1v) is 17.1. The first-order valence-electron chi connectivity index (χ1n) is 15.6. The van der Waals surface area contributed by atoms with Gasteiger partial charge in [-0.1, -0.05) is 94.9 Å². The van der Waals surface area contributed by atoms with Crippen LogP contribution in [-0.4, -0.2) is 53.0 Å². The Labute approximate surface area is 279 Å². The predicted molar refractivity (Wildman–Crippen MR) is 180 cm³/mol. The highest BCUT2D eigenvalue weighted by molar-refractivity contribution is 6.43. The molecule has 3 aromatic carbocycles. The van der Waals surface area contributed by atoms with E-state index in [1.165, 1.54) is 18.4 Å². The Kier molecular flexibility index (Phi) is 9.00. The Hall–Kier alpha value is -2.09. The number of fused-ring (bicyclic) bond motifs is 2. The maximum Gasteiger partial charge on any atom is 0.252 e. The van der Waals surface area contributed by atoms with Crippen LogP contribution in [0, 0.1) is 0 Å². The molecule has 2 aliphatic heterocycles. The van der Waals surface area contributed by atoms with Gasteiger partial charge in [-0.3, -0.25) is 9.69 Å². The van der Waals surface area contributed by atoms with Gasteiger partial charge in [0.2, 0.25) is 0 Å². The minimum Gasteiger partial charge on any atom is -0.331 e. The van der Waals surface area contributed by atoms with Gasteiger partial charge < -0.3 is 15.5 Å². The van der Waals surface area contributed by atoms with E-state index in [1.54, 1.807) is 6.07 Å². The van der Waals surface area contributed by atoms with Crippen molar-refractivity contribution in [2.45, 2.75) is 75.9 Å². The maximum atomic E-state index is 14.5. The van der Waals surface area contributed by atoms with Crippen LogP contribution < -0.4 is 10.6 Å². The van der Waals surface area contributed by atoms with Gasteiger partial charge in [0.15, 0.2) is 0 Å². The summed E-state index contributed by atoms with van der Waals surface area (Å²) in [5.41, 5.74) is 6.35. The minimum atomic E-state index is -0.0337. The fourth-order valence-electron chi connectivity index (χ4n) is 6.69. The van der Waals surface area contributed by atoms with Crippen molar-refractivity contribution in [2.75, 3.05) is 13.1 Å². The summed E-state index contributed by atoms with van der Waals surface area (Å²) < 4.78 is 0. The van der Waals surface area contributed by atoms with Crippen molar-refractivity contribution in [1.29, 1.82) is 0 Å². The quantitative estimate of drug-likeness (QED) is 0.232. The van der Waals surface area contributed by atoms with Crippen LogP contribution in [0.5, 0.6) is 0 Å². The lowest BCUT2D eigenvalue weighted by Gasteiger charge is -2.41. The number of piperazine rings is 1. The summed E-state index contributed by atoms with van der Waals surface area (Å²) in [5, 5.41) is 9.55. The molecule has 7 rings (SSSR count). The molecule has 2 heterocycles. The number of rotatable bonds is 10. The average Bonchev–Trinajstić information content (AvgIpc) is 3.94. The van der Waals surface area contributed by atoms with Gasteiger partial charge in [0.1, 0.15) is 0 Å². The zero-order valence-electron chi connectivity index (χ0n) is 24.5. The Morgan fingerprint density at radius 1 is 0.750 bits per heavy atom. The van der Waals surface area contributed by atoms with E-state index >= 15 is 0 Å². The molecular formula is C35H36Cl4N4O. The number of amides is 1. The van der Waals surface area contributed by atoms with Crippen molar-refractivity contribution in [3.05, 3.63) is 109 Å². The van der Waals surface area contributed by atoms with Crippen molar-refractivity contribution < 1.29 is 4.79 Å². The lowest BCUT2D eigenvalue weighted by Crippen LogP contribution is -2.60. The number of carbonyl (C=O) groups excluding carboxylic acids is 1. The molecule has 2 aliphatic carbocycles. The van der Waals surface area contributed by atoms with Crippen LogP contribution in [0.2, 0.25) is 20.1 Å². The van der Waals surface area contributed by atoms with E-state index < -0.39 is 0 Å². The molecule has 2 saturated carbocycles. The van der Waals surface area contributed by atoms with E-state index in [-0.39, 0.29) is 18.0 Å². The molecule has 3 fully saturated rings. The minimum absolute atomic E-state index is 0.0337. The molecule has 4 aliphatic rings. The lowest BCUT2D eigenvalue weighted by atomic mass is 9.83.